The molecule has 0 atom stereocenters. The highest BCUT2D eigenvalue weighted by Gasteiger charge is 2.24. The van der Waals surface area contributed by atoms with E-state index in [1.807, 2.05) is 17.0 Å². The van der Waals surface area contributed by atoms with Crippen LogP contribution < -0.4 is 4.74 Å². The average molecular weight is 359 g/mol. The second-order valence-corrected chi connectivity index (χ2v) is 7.20. The van der Waals surface area contributed by atoms with Crippen LogP contribution in [0.5, 0.6) is 5.75 Å². The van der Waals surface area contributed by atoms with E-state index in [1.165, 1.54) is 16.2 Å². The summed E-state index contributed by atoms with van der Waals surface area (Å²) in [6, 6.07) is 7.21. The zero-order valence-corrected chi connectivity index (χ0v) is 15.4. The molecule has 2 aromatic rings. The molecule has 25 heavy (non-hydrogen) atoms. The number of hydrogen-bond donors (Lipinski definition) is 0. The van der Waals surface area contributed by atoms with Crippen molar-refractivity contribution in [3.8, 4) is 5.75 Å². The molecule has 3 rings (SSSR count). The van der Waals surface area contributed by atoms with Gasteiger partial charge in [0.05, 0.1) is 12.8 Å². The summed E-state index contributed by atoms with van der Waals surface area (Å²) in [5.41, 5.74) is 1.57. The van der Waals surface area contributed by atoms with Gasteiger partial charge in [-0.25, -0.2) is 4.98 Å². The molecule has 6 nitrogen and oxygen atoms in total. The quantitative estimate of drug-likeness (QED) is 0.842. The Morgan fingerprint density at radius 1 is 1.24 bits per heavy atom. The maximum atomic E-state index is 12.8. The minimum Gasteiger partial charge on any atom is -0.497 e. The number of thiazole rings is 1. The van der Waals surface area contributed by atoms with Crippen LogP contribution in [-0.4, -0.2) is 60.9 Å². The Morgan fingerprint density at radius 3 is 2.72 bits per heavy atom. The third kappa shape index (κ3) is 3.66. The molecule has 0 saturated heterocycles. The van der Waals surface area contributed by atoms with Crippen molar-refractivity contribution in [2.75, 3.05) is 34.3 Å². The molecule has 0 bridgehead atoms. The van der Waals surface area contributed by atoms with Gasteiger partial charge in [-0.3, -0.25) is 9.59 Å². The fourth-order valence-corrected chi connectivity index (χ4v) is 3.91. The molecule has 132 valence electrons. The van der Waals surface area contributed by atoms with Crippen molar-refractivity contribution in [1.29, 1.82) is 0 Å². The lowest BCUT2D eigenvalue weighted by atomic mass is 10.2. The lowest BCUT2D eigenvalue weighted by Gasteiger charge is -2.20. The van der Waals surface area contributed by atoms with Crippen LogP contribution in [0.25, 0.3) is 0 Å². The van der Waals surface area contributed by atoms with E-state index in [9.17, 15) is 9.59 Å². The molecule has 0 fully saturated rings. The number of nitrogens with zero attached hydrogens (tertiary/aromatic N) is 3. The van der Waals surface area contributed by atoms with E-state index in [1.54, 1.807) is 33.3 Å². The average Bonchev–Trinajstić information content (AvgIpc) is 2.93. The highest BCUT2D eigenvalue weighted by molar-refractivity contribution is 7.13. The highest BCUT2D eigenvalue weighted by atomic mass is 32.1. The summed E-state index contributed by atoms with van der Waals surface area (Å²) in [4.78, 5) is 33.8. The van der Waals surface area contributed by atoms with Gasteiger partial charge in [0.1, 0.15) is 5.75 Å². The van der Waals surface area contributed by atoms with Gasteiger partial charge in [-0.15, -0.1) is 11.3 Å². The second kappa shape index (κ2) is 7.23. The molecule has 0 radical (unpaired) electrons. The second-order valence-electron chi connectivity index (χ2n) is 6.11. The topological polar surface area (TPSA) is 62.7 Å². The minimum absolute atomic E-state index is 0.00126. The number of methoxy groups -OCH3 is 1. The largest absolute Gasteiger partial charge is 0.497 e. The fourth-order valence-electron chi connectivity index (χ4n) is 2.79. The van der Waals surface area contributed by atoms with Gasteiger partial charge in [0, 0.05) is 50.5 Å². The molecule has 1 aliphatic rings. The summed E-state index contributed by atoms with van der Waals surface area (Å²) in [6.45, 7) is 1.23. The van der Waals surface area contributed by atoms with Crippen molar-refractivity contribution in [3.63, 3.8) is 0 Å². The predicted octanol–water partition coefficient (Wildman–Crippen LogP) is 2.09. The van der Waals surface area contributed by atoms with Gasteiger partial charge in [-0.2, -0.15) is 0 Å². The van der Waals surface area contributed by atoms with E-state index in [0.29, 0.717) is 35.8 Å². The summed E-state index contributed by atoms with van der Waals surface area (Å²) in [5.74, 6) is 0.606. The Hall–Kier alpha value is -2.41. The number of hydrogen-bond acceptors (Lipinski definition) is 5. The van der Waals surface area contributed by atoms with Crippen molar-refractivity contribution < 1.29 is 14.3 Å². The molecule has 1 aromatic carbocycles. The molecular formula is C18H21N3O3S. The summed E-state index contributed by atoms with van der Waals surface area (Å²) >= 11 is 1.44. The third-order valence-electron chi connectivity index (χ3n) is 4.20. The molecule has 0 unspecified atom stereocenters. The van der Waals surface area contributed by atoms with E-state index in [4.69, 9.17) is 4.74 Å². The summed E-state index contributed by atoms with van der Waals surface area (Å²) in [6.07, 6.45) is 1.39. The summed E-state index contributed by atoms with van der Waals surface area (Å²) in [7, 11) is 5.04. The van der Waals surface area contributed by atoms with E-state index < -0.39 is 0 Å². The molecule has 2 amide bonds. The first-order valence-corrected chi connectivity index (χ1v) is 8.95. The Bertz CT molecular complexity index is 775. The Morgan fingerprint density at radius 2 is 2.00 bits per heavy atom. The zero-order chi connectivity index (χ0) is 18.0. The van der Waals surface area contributed by atoms with Crippen molar-refractivity contribution >= 4 is 23.2 Å². The van der Waals surface area contributed by atoms with Crippen LogP contribution in [0.4, 0.5) is 0 Å². The molecule has 1 aliphatic heterocycles. The molecule has 2 heterocycles. The molecule has 1 aromatic heterocycles. The first-order chi connectivity index (χ1) is 12.0. The number of carbonyl (C=O) groups is 2. The number of benzene rings is 1. The standard InChI is InChI=1S/C18H21N3O3S/c1-20(2)18(23)16-19-14-7-9-21(10-8-15(14)25-16)17(22)12-5-4-6-13(11-12)24-3/h4-6,11H,7-10H2,1-3H3. The third-order valence-corrected chi connectivity index (χ3v) is 5.34. The van der Waals surface area contributed by atoms with Gasteiger partial charge in [-0.1, -0.05) is 6.07 Å². The number of rotatable bonds is 3. The van der Waals surface area contributed by atoms with Crippen molar-refractivity contribution in [2.45, 2.75) is 12.8 Å². The normalized spacial score (nSPS) is 13.8. The van der Waals surface area contributed by atoms with Crippen LogP contribution in [0.15, 0.2) is 24.3 Å². The summed E-state index contributed by atoms with van der Waals surface area (Å²) in [5, 5.41) is 0.530. The lowest BCUT2D eigenvalue weighted by Crippen LogP contribution is -2.33. The van der Waals surface area contributed by atoms with Gasteiger partial charge in [0.2, 0.25) is 0 Å². The van der Waals surface area contributed by atoms with Crippen LogP contribution in [0, 0.1) is 0 Å². The van der Waals surface area contributed by atoms with Gasteiger partial charge in [0.25, 0.3) is 11.8 Å². The predicted molar refractivity (Wildman–Crippen MR) is 96.4 cm³/mol. The maximum absolute atomic E-state index is 12.8. The SMILES string of the molecule is COc1cccc(C(=O)N2CCc3nc(C(=O)N(C)C)sc3CC2)c1. The zero-order valence-electron chi connectivity index (χ0n) is 14.6. The molecular weight excluding hydrogens is 338 g/mol. The van der Waals surface area contributed by atoms with E-state index in [2.05, 4.69) is 4.98 Å². The van der Waals surface area contributed by atoms with Crippen molar-refractivity contribution in [1.82, 2.24) is 14.8 Å². The Balaban J connectivity index is 1.73. The molecule has 0 saturated carbocycles. The first-order valence-electron chi connectivity index (χ1n) is 8.13. The number of aromatic nitrogens is 1. The van der Waals surface area contributed by atoms with Crippen LogP contribution in [0.2, 0.25) is 0 Å². The van der Waals surface area contributed by atoms with Gasteiger partial charge in [-0.05, 0) is 18.2 Å². The maximum Gasteiger partial charge on any atom is 0.282 e. The lowest BCUT2D eigenvalue weighted by molar-refractivity contribution is 0.0761. The van der Waals surface area contributed by atoms with E-state index in [-0.39, 0.29) is 11.8 Å². The molecule has 0 N–H and O–H groups in total. The number of amides is 2. The number of ether oxygens (including phenoxy) is 1. The van der Waals surface area contributed by atoms with Crippen LogP contribution in [0.3, 0.4) is 0 Å². The molecule has 0 spiro atoms. The number of fused-ring (bicyclic) bond motifs is 1. The van der Waals surface area contributed by atoms with Crippen LogP contribution in [0.1, 0.15) is 30.7 Å². The monoisotopic (exact) mass is 359 g/mol. The number of carbonyl (C=O) groups excluding carboxylic acids is 2. The summed E-state index contributed by atoms with van der Waals surface area (Å²) < 4.78 is 5.20. The van der Waals surface area contributed by atoms with Crippen molar-refractivity contribution in [3.05, 3.63) is 45.4 Å². The Kier molecular flexibility index (Phi) is 5.03. The smallest absolute Gasteiger partial charge is 0.282 e. The first kappa shape index (κ1) is 17.4. The Labute approximate surface area is 151 Å². The fraction of sp³-hybridized carbons (Fsp3) is 0.389. The molecule has 7 heteroatoms. The van der Waals surface area contributed by atoms with E-state index >= 15 is 0 Å². The van der Waals surface area contributed by atoms with Crippen LogP contribution in [-0.2, 0) is 12.8 Å². The van der Waals surface area contributed by atoms with Crippen LogP contribution >= 0.6 is 11.3 Å². The molecule has 0 aliphatic carbocycles. The van der Waals surface area contributed by atoms with Crippen molar-refractivity contribution in [2.24, 2.45) is 0 Å². The minimum atomic E-state index is -0.0672. The van der Waals surface area contributed by atoms with E-state index in [0.717, 1.165) is 17.0 Å². The highest BCUT2D eigenvalue weighted by Crippen LogP contribution is 2.24. The van der Waals surface area contributed by atoms with Gasteiger partial charge < -0.3 is 14.5 Å². The van der Waals surface area contributed by atoms with Gasteiger partial charge >= 0.3 is 0 Å². The van der Waals surface area contributed by atoms with Gasteiger partial charge in [0.15, 0.2) is 5.01 Å².